The summed E-state index contributed by atoms with van der Waals surface area (Å²) in [7, 11) is 0. The number of amides is 1. The highest BCUT2D eigenvalue weighted by molar-refractivity contribution is 5.98. The van der Waals surface area contributed by atoms with Gasteiger partial charge in [0, 0.05) is 29.4 Å². The fourth-order valence-corrected chi connectivity index (χ4v) is 3.45. The molecule has 1 amide bonds. The number of aromatic nitrogens is 1. The van der Waals surface area contributed by atoms with Gasteiger partial charge < -0.3 is 15.0 Å². The topological polar surface area (TPSA) is 56.3 Å². The lowest BCUT2D eigenvalue weighted by atomic mass is 10.0. The molecule has 0 saturated carbocycles. The third-order valence-corrected chi connectivity index (χ3v) is 4.66. The molecule has 4 nitrogen and oxygen atoms in total. The molecule has 0 unspecified atom stereocenters. The van der Waals surface area contributed by atoms with Crippen LogP contribution in [0.2, 0.25) is 0 Å². The smallest absolute Gasteiger partial charge is 0.254 e. The van der Waals surface area contributed by atoms with Crippen molar-refractivity contribution in [2.45, 2.75) is 18.6 Å². The Morgan fingerprint density at radius 2 is 2.00 bits per heavy atom. The van der Waals surface area contributed by atoms with E-state index in [9.17, 15) is 18.7 Å². The van der Waals surface area contributed by atoms with Crippen LogP contribution in [0.15, 0.2) is 48.7 Å². The SMILES string of the molecule is O=C(c1ccc2cc[nH]c2c1)N1C[C@H](O)C[C@@H]1c1cc(F)ccc1F. The number of aliphatic hydroxyl groups is 1. The largest absolute Gasteiger partial charge is 0.391 e. The van der Waals surface area contributed by atoms with Gasteiger partial charge in [0.05, 0.1) is 12.1 Å². The van der Waals surface area contributed by atoms with E-state index in [2.05, 4.69) is 4.98 Å². The zero-order chi connectivity index (χ0) is 17.6. The summed E-state index contributed by atoms with van der Waals surface area (Å²) in [5.41, 5.74) is 1.34. The van der Waals surface area contributed by atoms with Gasteiger partial charge in [0.25, 0.3) is 5.91 Å². The second kappa shape index (κ2) is 5.97. The summed E-state index contributed by atoms with van der Waals surface area (Å²) in [6, 6.07) is 9.61. The average Bonchev–Trinajstić information content (AvgIpc) is 3.22. The maximum absolute atomic E-state index is 14.2. The number of carbonyl (C=O) groups excluding carboxylic acids is 1. The van der Waals surface area contributed by atoms with Crippen molar-refractivity contribution in [3.05, 3.63) is 71.4 Å². The van der Waals surface area contributed by atoms with E-state index < -0.39 is 23.8 Å². The molecule has 1 fully saturated rings. The van der Waals surface area contributed by atoms with Gasteiger partial charge in [-0.05, 0) is 48.2 Å². The minimum Gasteiger partial charge on any atom is -0.391 e. The molecule has 2 atom stereocenters. The first kappa shape index (κ1) is 15.8. The van der Waals surface area contributed by atoms with Crippen molar-refractivity contribution in [1.82, 2.24) is 9.88 Å². The van der Waals surface area contributed by atoms with E-state index in [1.807, 2.05) is 12.1 Å². The molecule has 2 N–H and O–H groups in total. The zero-order valence-electron chi connectivity index (χ0n) is 13.2. The van der Waals surface area contributed by atoms with Crippen LogP contribution in [0.4, 0.5) is 8.78 Å². The number of carbonyl (C=O) groups is 1. The van der Waals surface area contributed by atoms with Gasteiger partial charge in [0.15, 0.2) is 0 Å². The molecular formula is C19H16F2N2O2. The van der Waals surface area contributed by atoms with Crippen molar-refractivity contribution in [3.63, 3.8) is 0 Å². The fraction of sp³-hybridized carbons (Fsp3) is 0.211. The number of rotatable bonds is 2. The van der Waals surface area contributed by atoms with Crippen molar-refractivity contribution in [2.75, 3.05) is 6.54 Å². The molecule has 0 spiro atoms. The molecule has 3 aromatic rings. The summed E-state index contributed by atoms with van der Waals surface area (Å²) < 4.78 is 27.7. The number of β-amino-alcohol motifs (C(OH)–C–C–N with tert-alkyl or cyclic N) is 1. The fourth-order valence-electron chi connectivity index (χ4n) is 3.45. The standard InChI is InChI=1S/C19H16F2N2O2/c20-13-3-4-16(21)15(8-13)18-9-14(24)10-23(18)19(25)12-2-1-11-5-6-22-17(11)7-12/h1-8,14,18,22,24H,9-10H2/t14-,18-/m1/s1. The highest BCUT2D eigenvalue weighted by Gasteiger charge is 2.37. The van der Waals surface area contributed by atoms with Crippen LogP contribution < -0.4 is 0 Å². The maximum Gasteiger partial charge on any atom is 0.254 e. The normalized spacial score (nSPS) is 20.4. The molecule has 2 aromatic carbocycles. The Bertz CT molecular complexity index is 954. The van der Waals surface area contributed by atoms with Crippen LogP contribution in [-0.4, -0.2) is 33.5 Å². The molecule has 25 heavy (non-hydrogen) atoms. The monoisotopic (exact) mass is 342 g/mol. The molecule has 1 aliphatic heterocycles. The molecule has 4 rings (SSSR count). The molecule has 1 saturated heterocycles. The van der Waals surface area contributed by atoms with Crippen molar-refractivity contribution < 1.29 is 18.7 Å². The number of fused-ring (bicyclic) bond motifs is 1. The van der Waals surface area contributed by atoms with Gasteiger partial charge in [0.1, 0.15) is 11.6 Å². The van der Waals surface area contributed by atoms with E-state index >= 15 is 0 Å². The summed E-state index contributed by atoms with van der Waals surface area (Å²) >= 11 is 0. The number of hydrogen-bond donors (Lipinski definition) is 2. The lowest BCUT2D eigenvalue weighted by Crippen LogP contribution is -2.32. The van der Waals surface area contributed by atoms with E-state index in [0.717, 1.165) is 29.1 Å². The first-order valence-corrected chi connectivity index (χ1v) is 8.04. The van der Waals surface area contributed by atoms with Crippen LogP contribution in [0.25, 0.3) is 10.9 Å². The van der Waals surface area contributed by atoms with Crippen molar-refractivity contribution in [3.8, 4) is 0 Å². The number of H-pyrrole nitrogens is 1. The molecule has 128 valence electrons. The Kier molecular flexibility index (Phi) is 3.77. The number of aliphatic hydroxyl groups excluding tert-OH is 1. The summed E-state index contributed by atoms with van der Waals surface area (Å²) in [6.45, 7) is 0.0855. The van der Waals surface area contributed by atoms with Gasteiger partial charge in [-0.2, -0.15) is 0 Å². The van der Waals surface area contributed by atoms with Gasteiger partial charge in [0.2, 0.25) is 0 Å². The van der Waals surface area contributed by atoms with Crippen LogP contribution in [0.3, 0.4) is 0 Å². The second-order valence-electron chi connectivity index (χ2n) is 6.31. The Hall–Kier alpha value is -2.73. The van der Waals surface area contributed by atoms with Crippen LogP contribution in [0.1, 0.15) is 28.4 Å². The summed E-state index contributed by atoms with van der Waals surface area (Å²) in [6.07, 6.45) is 1.19. The van der Waals surface area contributed by atoms with Gasteiger partial charge in [-0.3, -0.25) is 4.79 Å². The molecule has 2 heterocycles. The lowest BCUT2D eigenvalue weighted by Gasteiger charge is -2.25. The molecule has 6 heteroatoms. The molecule has 1 aliphatic rings. The van der Waals surface area contributed by atoms with Crippen molar-refractivity contribution in [1.29, 1.82) is 0 Å². The van der Waals surface area contributed by atoms with Gasteiger partial charge in [-0.25, -0.2) is 8.78 Å². The van der Waals surface area contributed by atoms with E-state index in [1.54, 1.807) is 18.3 Å². The second-order valence-corrected chi connectivity index (χ2v) is 6.31. The Morgan fingerprint density at radius 3 is 2.84 bits per heavy atom. The van der Waals surface area contributed by atoms with E-state index in [-0.39, 0.29) is 24.4 Å². The number of likely N-dealkylation sites (tertiary alicyclic amines) is 1. The number of aromatic amines is 1. The number of benzene rings is 2. The number of halogens is 2. The van der Waals surface area contributed by atoms with Crippen LogP contribution >= 0.6 is 0 Å². The third-order valence-electron chi connectivity index (χ3n) is 4.66. The van der Waals surface area contributed by atoms with Gasteiger partial charge in [-0.1, -0.05) is 6.07 Å². The first-order chi connectivity index (χ1) is 12.0. The van der Waals surface area contributed by atoms with Crippen molar-refractivity contribution >= 4 is 16.8 Å². The van der Waals surface area contributed by atoms with Crippen LogP contribution in [0.5, 0.6) is 0 Å². The van der Waals surface area contributed by atoms with E-state index in [4.69, 9.17) is 0 Å². The molecular weight excluding hydrogens is 326 g/mol. The summed E-state index contributed by atoms with van der Waals surface area (Å²) in [4.78, 5) is 17.4. The third kappa shape index (κ3) is 2.78. The number of nitrogens with zero attached hydrogens (tertiary/aromatic N) is 1. The minimum atomic E-state index is -0.772. The lowest BCUT2D eigenvalue weighted by molar-refractivity contribution is 0.0714. The first-order valence-electron chi connectivity index (χ1n) is 8.04. The maximum atomic E-state index is 14.2. The highest BCUT2D eigenvalue weighted by Crippen LogP contribution is 2.35. The molecule has 0 aliphatic carbocycles. The minimum absolute atomic E-state index is 0.0855. The highest BCUT2D eigenvalue weighted by atomic mass is 19.1. The predicted molar refractivity (Wildman–Crippen MR) is 89.1 cm³/mol. The molecule has 0 radical (unpaired) electrons. The molecule has 1 aromatic heterocycles. The summed E-state index contributed by atoms with van der Waals surface area (Å²) in [5, 5.41) is 11.0. The quantitative estimate of drug-likeness (QED) is 0.750. The van der Waals surface area contributed by atoms with Crippen molar-refractivity contribution in [2.24, 2.45) is 0 Å². The number of hydrogen-bond acceptors (Lipinski definition) is 2. The van der Waals surface area contributed by atoms with E-state index in [1.165, 1.54) is 4.90 Å². The van der Waals surface area contributed by atoms with Crippen LogP contribution in [-0.2, 0) is 0 Å². The van der Waals surface area contributed by atoms with Gasteiger partial charge in [-0.15, -0.1) is 0 Å². The Balaban J connectivity index is 1.71. The van der Waals surface area contributed by atoms with Gasteiger partial charge >= 0.3 is 0 Å². The average molecular weight is 342 g/mol. The number of nitrogens with one attached hydrogen (secondary N) is 1. The Morgan fingerprint density at radius 1 is 1.16 bits per heavy atom. The molecule has 0 bridgehead atoms. The summed E-state index contributed by atoms with van der Waals surface area (Å²) in [5.74, 6) is -1.47. The predicted octanol–water partition coefficient (Wildman–Crippen LogP) is 3.39. The Labute approximate surface area is 142 Å². The van der Waals surface area contributed by atoms with Crippen LogP contribution in [0, 0.1) is 11.6 Å². The van der Waals surface area contributed by atoms with E-state index in [0.29, 0.717) is 5.56 Å². The zero-order valence-corrected chi connectivity index (χ0v) is 13.2.